The topological polar surface area (TPSA) is 12.0 Å². The Balaban J connectivity index is 2.10. The van der Waals surface area contributed by atoms with E-state index < -0.39 is 0 Å². The first kappa shape index (κ1) is 10.3. The summed E-state index contributed by atoms with van der Waals surface area (Å²) in [6, 6.07) is 6.87. The average Bonchev–Trinajstić information content (AvgIpc) is 2.93. The van der Waals surface area contributed by atoms with Crippen molar-refractivity contribution in [2.24, 2.45) is 0 Å². The first-order valence-corrected chi connectivity index (χ1v) is 5.63. The Morgan fingerprint density at radius 1 is 1.29 bits per heavy atom. The Morgan fingerprint density at radius 3 is 2.57 bits per heavy atom. The second-order valence-corrected chi connectivity index (χ2v) is 4.65. The van der Waals surface area contributed by atoms with Crippen LogP contribution in [0.2, 0.25) is 10.0 Å². The SMILES string of the molecule is C[C@@H](NC1CC1)c1ccc(Cl)c(Cl)c1. The molecular weight excluding hydrogens is 217 g/mol. The smallest absolute Gasteiger partial charge is 0.0595 e. The van der Waals surface area contributed by atoms with Crippen LogP contribution in [-0.2, 0) is 0 Å². The third-order valence-electron chi connectivity index (χ3n) is 2.51. The van der Waals surface area contributed by atoms with E-state index in [4.69, 9.17) is 23.2 Å². The molecule has 1 fully saturated rings. The monoisotopic (exact) mass is 229 g/mol. The Kier molecular flexibility index (Phi) is 3.01. The van der Waals surface area contributed by atoms with E-state index in [0.717, 1.165) is 0 Å². The number of hydrogen-bond donors (Lipinski definition) is 1. The minimum atomic E-state index is 0.359. The van der Waals surface area contributed by atoms with Crippen molar-refractivity contribution >= 4 is 23.2 Å². The highest BCUT2D eigenvalue weighted by Crippen LogP contribution is 2.28. The fourth-order valence-electron chi connectivity index (χ4n) is 1.48. The van der Waals surface area contributed by atoms with Crippen molar-refractivity contribution in [3.63, 3.8) is 0 Å². The van der Waals surface area contributed by atoms with Gasteiger partial charge in [-0.05, 0) is 37.5 Å². The van der Waals surface area contributed by atoms with E-state index >= 15 is 0 Å². The standard InChI is InChI=1S/C11H13Cl2N/c1-7(14-9-3-4-9)8-2-5-10(12)11(13)6-8/h2,5-7,9,14H,3-4H2,1H3/t7-/m1/s1. The minimum absolute atomic E-state index is 0.359. The summed E-state index contributed by atoms with van der Waals surface area (Å²) in [5.41, 5.74) is 1.20. The Bertz CT molecular complexity index is 334. The van der Waals surface area contributed by atoms with E-state index in [0.29, 0.717) is 22.1 Å². The molecular formula is C11H13Cl2N. The van der Waals surface area contributed by atoms with Crippen molar-refractivity contribution in [2.75, 3.05) is 0 Å². The molecule has 0 aromatic heterocycles. The van der Waals surface area contributed by atoms with Crippen LogP contribution >= 0.6 is 23.2 Å². The van der Waals surface area contributed by atoms with Gasteiger partial charge in [-0.25, -0.2) is 0 Å². The van der Waals surface area contributed by atoms with Crippen LogP contribution in [0.3, 0.4) is 0 Å². The van der Waals surface area contributed by atoms with Gasteiger partial charge in [0.1, 0.15) is 0 Å². The predicted octanol–water partition coefficient (Wildman–Crippen LogP) is 3.81. The molecule has 2 rings (SSSR count). The molecule has 1 aromatic carbocycles. The summed E-state index contributed by atoms with van der Waals surface area (Å²) in [5, 5.41) is 4.77. The van der Waals surface area contributed by atoms with Crippen molar-refractivity contribution in [3.05, 3.63) is 33.8 Å². The maximum atomic E-state index is 5.95. The Morgan fingerprint density at radius 2 is 2.00 bits per heavy atom. The zero-order valence-corrected chi connectivity index (χ0v) is 9.57. The lowest BCUT2D eigenvalue weighted by molar-refractivity contribution is 0.571. The van der Waals surface area contributed by atoms with Gasteiger partial charge in [-0.1, -0.05) is 29.3 Å². The Hall–Kier alpha value is -0.240. The van der Waals surface area contributed by atoms with Crippen LogP contribution in [0.4, 0.5) is 0 Å². The van der Waals surface area contributed by atoms with Crippen LogP contribution in [0.1, 0.15) is 31.4 Å². The van der Waals surface area contributed by atoms with Crippen molar-refractivity contribution in [1.82, 2.24) is 5.32 Å². The lowest BCUT2D eigenvalue weighted by Gasteiger charge is -2.14. The highest BCUT2D eigenvalue weighted by molar-refractivity contribution is 6.42. The van der Waals surface area contributed by atoms with Gasteiger partial charge in [0.2, 0.25) is 0 Å². The summed E-state index contributed by atoms with van der Waals surface area (Å²) in [4.78, 5) is 0. The molecule has 0 bridgehead atoms. The van der Waals surface area contributed by atoms with Crippen molar-refractivity contribution in [1.29, 1.82) is 0 Å². The van der Waals surface area contributed by atoms with Gasteiger partial charge in [0.05, 0.1) is 10.0 Å². The van der Waals surface area contributed by atoms with Crippen LogP contribution in [0.15, 0.2) is 18.2 Å². The lowest BCUT2D eigenvalue weighted by Crippen LogP contribution is -2.20. The number of nitrogens with one attached hydrogen (secondary N) is 1. The lowest BCUT2D eigenvalue weighted by atomic mass is 10.1. The molecule has 14 heavy (non-hydrogen) atoms. The van der Waals surface area contributed by atoms with Gasteiger partial charge in [0.25, 0.3) is 0 Å². The van der Waals surface area contributed by atoms with Crippen LogP contribution < -0.4 is 5.32 Å². The quantitative estimate of drug-likeness (QED) is 0.832. The zero-order valence-electron chi connectivity index (χ0n) is 8.06. The molecule has 0 spiro atoms. The maximum absolute atomic E-state index is 5.95. The van der Waals surface area contributed by atoms with Crippen molar-refractivity contribution in [2.45, 2.75) is 31.8 Å². The van der Waals surface area contributed by atoms with Crippen LogP contribution in [0.5, 0.6) is 0 Å². The molecule has 1 aliphatic carbocycles. The number of halogens is 2. The highest BCUT2D eigenvalue weighted by atomic mass is 35.5. The molecule has 76 valence electrons. The van der Waals surface area contributed by atoms with Gasteiger partial charge in [0.15, 0.2) is 0 Å². The normalized spacial score (nSPS) is 18.2. The molecule has 0 amide bonds. The molecule has 0 unspecified atom stereocenters. The average molecular weight is 230 g/mol. The molecule has 1 aliphatic rings. The molecule has 1 N–H and O–H groups in total. The molecule has 3 heteroatoms. The van der Waals surface area contributed by atoms with Gasteiger partial charge < -0.3 is 5.32 Å². The predicted molar refractivity (Wildman–Crippen MR) is 61.0 cm³/mol. The summed E-state index contributed by atoms with van der Waals surface area (Å²) in [5.74, 6) is 0. The number of hydrogen-bond acceptors (Lipinski definition) is 1. The van der Waals surface area contributed by atoms with Crippen LogP contribution in [-0.4, -0.2) is 6.04 Å². The molecule has 1 saturated carbocycles. The maximum Gasteiger partial charge on any atom is 0.0595 e. The van der Waals surface area contributed by atoms with E-state index in [1.165, 1.54) is 18.4 Å². The summed E-state index contributed by atoms with van der Waals surface area (Å²) >= 11 is 11.8. The molecule has 1 atom stereocenters. The van der Waals surface area contributed by atoms with Gasteiger partial charge >= 0.3 is 0 Å². The van der Waals surface area contributed by atoms with Crippen LogP contribution in [0.25, 0.3) is 0 Å². The van der Waals surface area contributed by atoms with Crippen LogP contribution in [0, 0.1) is 0 Å². The van der Waals surface area contributed by atoms with Crippen molar-refractivity contribution in [3.8, 4) is 0 Å². The van der Waals surface area contributed by atoms with Gasteiger partial charge in [-0.2, -0.15) is 0 Å². The second kappa shape index (κ2) is 4.09. The molecule has 0 aliphatic heterocycles. The second-order valence-electron chi connectivity index (χ2n) is 3.84. The first-order chi connectivity index (χ1) is 6.66. The summed E-state index contributed by atoms with van der Waals surface area (Å²) in [7, 11) is 0. The third-order valence-corrected chi connectivity index (χ3v) is 3.25. The summed E-state index contributed by atoms with van der Waals surface area (Å²) < 4.78 is 0. The molecule has 1 nitrogen and oxygen atoms in total. The third kappa shape index (κ3) is 2.41. The van der Waals surface area contributed by atoms with Gasteiger partial charge in [-0.3, -0.25) is 0 Å². The molecule has 1 aromatic rings. The van der Waals surface area contributed by atoms with E-state index in [2.05, 4.69) is 12.2 Å². The fourth-order valence-corrected chi connectivity index (χ4v) is 1.79. The molecule has 0 saturated heterocycles. The van der Waals surface area contributed by atoms with E-state index in [-0.39, 0.29) is 0 Å². The fraction of sp³-hybridized carbons (Fsp3) is 0.455. The largest absolute Gasteiger partial charge is 0.307 e. The first-order valence-electron chi connectivity index (χ1n) is 4.88. The highest BCUT2D eigenvalue weighted by Gasteiger charge is 2.23. The number of rotatable bonds is 3. The minimum Gasteiger partial charge on any atom is -0.307 e. The Labute approximate surface area is 94.4 Å². The molecule has 0 heterocycles. The summed E-state index contributed by atoms with van der Waals surface area (Å²) in [6.07, 6.45) is 2.59. The zero-order chi connectivity index (χ0) is 10.1. The van der Waals surface area contributed by atoms with Crippen molar-refractivity contribution < 1.29 is 0 Å². The van der Waals surface area contributed by atoms with Gasteiger partial charge in [0, 0.05) is 12.1 Å². The van der Waals surface area contributed by atoms with E-state index in [9.17, 15) is 0 Å². The van der Waals surface area contributed by atoms with E-state index in [1.807, 2.05) is 18.2 Å². The summed E-state index contributed by atoms with van der Waals surface area (Å²) in [6.45, 7) is 2.15. The number of benzene rings is 1. The van der Waals surface area contributed by atoms with Gasteiger partial charge in [-0.15, -0.1) is 0 Å². The molecule has 0 radical (unpaired) electrons. The van der Waals surface area contributed by atoms with E-state index in [1.54, 1.807) is 0 Å².